The lowest BCUT2D eigenvalue weighted by molar-refractivity contribution is 0.0331. The van der Waals surface area contributed by atoms with Gasteiger partial charge >= 0.3 is 0 Å². The van der Waals surface area contributed by atoms with Crippen LogP contribution in [-0.4, -0.2) is 47.7 Å². The average molecular weight is 495 g/mol. The van der Waals surface area contributed by atoms with Crippen LogP contribution in [0.4, 0.5) is 10.8 Å². The van der Waals surface area contributed by atoms with Crippen molar-refractivity contribution in [1.29, 1.82) is 5.26 Å². The van der Waals surface area contributed by atoms with Crippen LogP contribution in [0.15, 0.2) is 22.9 Å². The summed E-state index contributed by atoms with van der Waals surface area (Å²) in [6, 6.07) is 6.54. The third kappa shape index (κ3) is 3.80. The SMILES string of the molecule is N#Cc1c(N)sc2c1CCN(c1nc(CN3CCOCC3)nc3scc(-c4cccs4)c13)C2. The molecule has 2 aliphatic rings. The van der Waals surface area contributed by atoms with Gasteiger partial charge in [-0.2, -0.15) is 5.26 Å². The van der Waals surface area contributed by atoms with Gasteiger partial charge in [0.1, 0.15) is 27.5 Å². The van der Waals surface area contributed by atoms with Gasteiger partial charge in [-0.15, -0.1) is 34.0 Å². The van der Waals surface area contributed by atoms with Gasteiger partial charge in [-0.05, 0) is 23.4 Å². The highest BCUT2D eigenvalue weighted by Gasteiger charge is 2.28. The number of fused-ring (bicyclic) bond motifs is 2. The van der Waals surface area contributed by atoms with Crippen molar-refractivity contribution >= 4 is 55.0 Å². The van der Waals surface area contributed by atoms with E-state index in [2.05, 4.69) is 38.8 Å². The van der Waals surface area contributed by atoms with Crippen molar-refractivity contribution in [2.45, 2.75) is 19.5 Å². The lowest BCUT2D eigenvalue weighted by atomic mass is 10.0. The van der Waals surface area contributed by atoms with Crippen LogP contribution in [0.3, 0.4) is 0 Å². The van der Waals surface area contributed by atoms with E-state index in [9.17, 15) is 5.26 Å². The fraction of sp³-hybridized carbons (Fsp3) is 0.348. The van der Waals surface area contributed by atoms with Crippen LogP contribution in [0, 0.1) is 11.3 Å². The second-order valence-electron chi connectivity index (χ2n) is 8.19. The number of nitriles is 1. The van der Waals surface area contributed by atoms with Crippen molar-refractivity contribution in [3.63, 3.8) is 0 Å². The first-order valence-electron chi connectivity index (χ1n) is 10.9. The zero-order valence-corrected chi connectivity index (χ0v) is 20.4. The van der Waals surface area contributed by atoms with Crippen LogP contribution < -0.4 is 10.6 Å². The molecule has 2 N–H and O–H groups in total. The van der Waals surface area contributed by atoms with E-state index < -0.39 is 0 Å². The molecule has 0 spiro atoms. The van der Waals surface area contributed by atoms with Gasteiger partial charge in [0.05, 0.1) is 37.3 Å². The smallest absolute Gasteiger partial charge is 0.146 e. The third-order valence-corrected chi connectivity index (χ3v) is 9.03. The van der Waals surface area contributed by atoms with Crippen LogP contribution in [0.25, 0.3) is 20.7 Å². The summed E-state index contributed by atoms with van der Waals surface area (Å²) >= 11 is 4.96. The van der Waals surface area contributed by atoms with Crippen LogP contribution in [0.1, 0.15) is 21.8 Å². The molecule has 4 aromatic heterocycles. The lowest BCUT2D eigenvalue weighted by Crippen LogP contribution is -2.36. The number of hydrogen-bond acceptors (Lipinski definition) is 10. The Morgan fingerprint density at radius 3 is 2.85 bits per heavy atom. The van der Waals surface area contributed by atoms with Crippen molar-refractivity contribution < 1.29 is 4.74 Å². The molecule has 0 aliphatic carbocycles. The van der Waals surface area contributed by atoms with Gasteiger partial charge in [-0.25, -0.2) is 9.97 Å². The van der Waals surface area contributed by atoms with Crippen molar-refractivity contribution in [1.82, 2.24) is 14.9 Å². The molecule has 2 aliphatic heterocycles. The van der Waals surface area contributed by atoms with Gasteiger partial charge in [-0.3, -0.25) is 4.90 Å². The van der Waals surface area contributed by atoms with Crippen LogP contribution in [0.2, 0.25) is 0 Å². The quantitative estimate of drug-likeness (QED) is 0.451. The number of rotatable bonds is 4. The van der Waals surface area contributed by atoms with Crippen LogP contribution in [0.5, 0.6) is 0 Å². The Morgan fingerprint density at radius 1 is 1.18 bits per heavy atom. The first kappa shape index (κ1) is 21.0. The zero-order chi connectivity index (χ0) is 22.4. The van der Waals surface area contributed by atoms with Crippen LogP contribution >= 0.6 is 34.0 Å². The number of nitrogen functional groups attached to an aromatic ring is 1. The van der Waals surface area contributed by atoms with E-state index in [4.69, 9.17) is 20.4 Å². The van der Waals surface area contributed by atoms with Gasteiger partial charge in [0.15, 0.2) is 0 Å². The number of anilines is 2. The molecule has 6 rings (SSSR count). The second-order valence-corrected chi connectivity index (χ2v) is 11.1. The summed E-state index contributed by atoms with van der Waals surface area (Å²) in [5.41, 5.74) is 9.11. The monoisotopic (exact) mass is 494 g/mol. The highest BCUT2D eigenvalue weighted by molar-refractivity contribution is 7.18. The minimum absolute atomic E-state index is 0.625. The molecule has 0 saturated carbocycles. The highest BCUT2D eigenvalue weighted by atomic mass is 32.1. The Morgan fingerprint density at radius 2 is 2.06 bits per heavy atom. The Bertz CT molecular complexity index is 1350. The average Bonchev–Trinajstić information content (AvgIpc) is 3.56. The number of morpholine rings is 1. The lowest BCUT2D eigenvalue weighted by Gasteiger charge is -2.30. The molecule has 7 nitrogen and oxygen atoms in total. The summed E-state index contributed by atoms with van der Waals surface area (Å²) in [6.07, 6.45) is 0.800. The molecule has 10 heteroatoms. The maximum absolute atomic E-state index is 9.53. The fourth-order valence-electron chi connectivity index (χ4n) is 4.57. The van der Waals surface area contributed by atoms with E-state index in [1.165, 1.54) is 26.7 Å². The van der Waals surface area contributed by atoms with Gasteiger partial charge in [0.2, 0.25) is 0 Å². The molecular formula is C23H22N6OS3. The number of ether oxygens (including phenoxy) is 1. The van der Waals surface area contributed by atoms with E-state index in [-0.39, 0.29) is 0 Å². The summed E-state index contributed by atoms with van der Waals surface area (Å²) < 4.78 is 5.51. The first-order chi connectivity index (χ1) is 16.2. The van der Waals surface area contributed by atoms with Gasteiger partial charge in [0.25, 0.3) is 0 Å². The fourth-order valence-corrected chi connectivity index (χ4v) is 7.43. The standard InChI is InChI=1S/C23H22N6OS3/c24-10-15-14-3-4-29(11-18(14)33-21(15)25)22-20-16(17-2-1-9-31-17)13-32-23(20)27-19(26-22)12-28-5-7-30-8-6-28/h1-2,9,13H,3-8,11-12,25H2. The summed E-state index contributed by atoms with van der Waals surface area (Å²) in [5.74, 6) is 1.84. The molecule has 168 valence electrons. The molecule has 1 fully saturated rings. The molecule has 0 radical (unpaired) electrons. The first-order valence-corrected chi connectivity index (χ1v) is 13.5. The minimum Gasteiger partial charge on any atom is -0.389 e. The molecule has 0 amide bonds. The summed E-state index contributed by atoms with van der Waals surface area (Å²) in [6.45, 7) is 5.57. The molecule has 33 heavy (non-hydrogen) atoms. The van der Waals surface area contributed by atoms with Gasteiger partial charge in [-0.1, -0.05) is 6.07 Å². The van der Waals surface area contributed by atoms with Crippen molar-refractivity contribution in [3.8, 4) is 16.5 Å². The van der Waals surface area contributed by atoms with Crippen molar-refractivity contribution in [2.75, 3.05) is 43.5 Å². The number of nitrogens with zero attached hydrogens (tertiary/aromatic N) is 5. The maximum Gasteiger partial charge on any atom is 0.146 e. The normalized spacial score (nSPS) is 16.8. The molecule has 0 atom stereocenters. The third-order valence-electron chi connectivity index (χ3n) is 6.21. The predicted octanol–water partition coefficient (Wildman–Crippen LogP) is 4.33. The highest BCUT2D eigenvalue weighted by Crippen LogP contribution is 2.42. The molecular weight excluding hydrogens is 472 g/mol. The maximum atomic E-state index is 9.53. The minimum atomic E-state index is 0.625. The summed E-state index contributed by atoms with van der Waals surface area (Å²) in [7, 11) is 0. The summed E-state index contributed by atoms with van der Waals surface area (Å²) in [5, 5.41) is 15.6. The Hall–Kier alpha value is -2.55. The van der Waals surface area contributed by atoms with Gasteiger partial charge < -0.3 is 15.4 Å². The van der Waals surface area contributed by atoms with Gasteiger partial charge in [0, 0.05) is 40.3 Å². The van der Waals surface area contributed by atoms with Crippen molar-refractivity contribution in [2.24, 2.45) is 0 Å². The zero-order valence-electron chi connectivity index (χ0n) is 17.9. The summed E-state index contributed by atoms with van der Waals surface area (Å²) in [4.78, 5) is 18.2. The number of nitrogens with two attached hydrogens (primary N) is 1. The molecule has 4 aromatic rings. The molecule has 6 heterocycles. The van der Waals surface area contributed by atoms with E-state index in [1.54, 1.807) is 22.7 Å². The largest absolute Gasteiger partial charge is 0.389 e. The number of aromatic nitrogens is 2. The Kier molecular flexibility index (Phi) is 5.52. The van der Waals surface area contributed by atoms with E-state index in [0.29, 0.717) is 17.1 Å². The second kappa shape index (κ2) is 8.66. The predicted molar refractivity (Wildman–Crippen MR) is 135 cm³/mol. The van der Waals surface area contributed by atoms with E-state index >= 15 is 0 Å². The molecule has 1 saturated heterocycles. The molecule has 0 bridgehead atoms. The Balaban J connectivity index is 1.44. The van der Waals surface area contributed by atoms with E-state index in [1.807, 2.05) is 0 Å². The van der Waals surface area contributed by atoms with E-state index in [0.717, 1.165) is 73.2 Å². The topological polar surface area (TPSA) is 91.3 Å². The van der Waals surface area contributed by atoms with Crippen LogP contribution in [-0.2, 0) is 24.2 Å². The Labute approximate surface area is 203 Å². The molecule has 0 aromatic carbocycles. The number of thiophene rings is 3. The van der Waals surface area contributed by atoms with Crippen molar-refractivity contribution in [3.05, 3.63) is 44.7 Å². The molecule has 0 unspecified atom stereocenters. The number of hydrogen-bond donors (Lipinski definition) is 1.